The number of carbonyl (C=O) groups excluding carboxylic acids is 1. The number of hydrogen-bond acceptors (Lipinski definition) is 9. The number of carbonyl (C=O) groups is 1. The standard InChI is InChI=1S/C16H18N4O5S/c21-12-2-1-10(14(23)15(12)24)8-17-19-13(22)7-11-9-26-16(18-11)20-3-5-25-6-4-20/h1-2,8-9,21,23-24H,3-7H2,(H,19,22)/b17-8+. The number of aromatic nitrogens is 1. The molecule has 2 heterocycles. The predicted octanol–water partition coefficient (Wildman–Crippen LogP) is 0.789. The Balaban J connectivity index is 1.54. The summed E-state index contributed by atoms with van der Waals surface area (Å²) in [5.74, 6) is -1.96. The molecule has 9 nitrogen and oxygen atoms in total. The summed E-state index contributed by atoms with van der Waals surface area (Å²) >= 11 is 1.48. The van der Waals surface area contributed by atoms with Crippen molar-refractivity contribution >= 4 is 28.6 Å². The molecule has 1 amide bonds. The Morgan fingerprint density at radius 2 is 2.08 bits per heavy atom. The minimum absolute atomic E-state index is 0.0744. The van der Waals surface area contributed by atoms with Gasteiger partial charge in [-0.3, -0.25) is 4.79 Å². The van der Waals surface area contributed by atoms with E-state index in [0.29, 0.717) is 18.9 Å². The third kappa shape index (κ3) is 4.21. The van der Waals surface area contributed by atoms with E-state index in [1.165, 1.54) is 29.7 Å². The fourth-order valence-electron chi connectivity index (χ4n) is 2.34. The first-order valence-corrected chi connectivity index (χ1v) is 8.75. The number of morpholine rings is 1. The highest BCUT2D eigenvalue weighted by Crippen LogP contribution is 2.36. The van der Waals surface area contributed by atoms with Crippen LogP contribution in [0.25, 0.3) is 0 Å². The number of ether oxygens (including phenoxy) is 1. The highest BCUT2D eigenvalue weighted by atomic mass is 32.1. The lowest BCUT2D eigenvalue weighted by Gasteiger charge is -2.26. The Hall–Kier alpha value is -2.85. The fraction of sp³-hybridized carbons (Fsp3) is 0.312. The van der Waals surface area contributed by atoms with Gasteiger partial charge >= 0.3 is 0 Å². The van der Waals surface area contributed by atoms with Crippen LogP contribution in [0.15, 0.2) is 22.6 Å². The van der Waals surface area contributed by atoms with E-state index in [9.17, 15) is 20.1 Å². The van der Waals surface area contributed by atoms with Crippen LogP contribution >= 0.6 is 11.3 Å². The molecule has 0 spiro atoms. The quantitative estimate of drug-likeness (QED) is 0.344. The molecule has 10 heteroatoms. The van der Waals surface area contributed by atoms with Gasteiger partial charge in [-0.15, -0.1) is 11.3 Å². The van der Waals surface area contributed by atoms with Crippen molar-refractivity contribution in [2.75, 3.05) is 31.2 Å². The summed E-state index contributed by atoms with van der Waals surface area (Å²) in [5, 5.41) is 34.8. The molecule has 0 bridgehead atoms. The predicted molar refractivity (Wildman–Crippen MR) is 96.0 cm³/mol. The van der Waals surface area contributed by atoms with Gasteiger partial charge in [0.15, 0.2) is 16.6 Å². The molecule has 0 aliphatic carbocycles. The zero-order chi connectivity index (χ0) is 18.5. The van der Waals surface area contributed by atoms with Crippen LogP contribution in [0.5, 0.6) is 17.2 Å². The van der Waals surface area contributed by atoms with Crippen LogP contribution in [0.1, 0.15) is 11.3 Å². The number of anilines is 1. The van der Waals surface area contributed by atoms with Crippen LogP contribution in [0.2, 0.25) is 0 Å². The molecule has 0 atom stereocenters. The van der Waals surface area contributed by atoms with Crippen molar-refractivity contribution in [2.24, 2.45) is 5.10 Å². The molecule has 1 aromatic heterocycles. The molecule has 138 valence electrons. The second kappa shape index (κ2) is 8.02. The van der Waals surface area contributed by atoms with Crippen molar-refractivity contribution in [3.63, 3.8) is 0 Å². The first-order valence-electron chi connectivity index (χ1n) is 7.87. The van der Waals surface area contributed by atoms with Gasteiger partial charge in [-0.05, 0) is 12.1 Å². The van der Waals surface area contributed by atoms with Gasteiger partial charge in [0.2, 0.25) is 11.7 Å². The van der Waals surface area contributed by atoms with E-state index >= 15 is 0 Å². The number of nitrogens with one attached hydrogen (secondary N) is 1. The van der Waals surface area contributed by atoms with E-state index in [2.05, 4.69) is 20.4 Å². The highest BCUT2D eigenvalue weighted by molar-refractivity contribution is 7.13. The lowest BCUT2D eigenvalue weighted by molar-refractivity contribution is -0.120. The number of hydrazone groups is 1. The first kappa shape index (κ1) is 18.0. The number of thiazole rings is 1. The number of phenolic OH excluding ortho intramolecular Hbond substituents is 3. The van der Waals surface area contributed by atoms with Gasteiger partial charge in [-0.25, -0.2) is 10.4 Å². The van der Waals surface area contributed by atoms with Crippen LogP contribution in [-0.2, 0) is 16.0 Å². The number of hydrogen-bond donors (Lipinski definition) is 4. The maximum atomic E-state index is 11.9. The van der Waals surface area contributed by atoms with Crippen molar-refractivity contribution in [1.82, 2.24) is 10.4 Å². The molecule has 1 saturated heterocycles. The molecule has 1 aliphatic rings. The fourth-order valence-corrected chi connectivity index (χ4v) is 3.22. The van der Waals surface area contributed by atoms with Crippen molar-refractivity contribution < 1.29 is 24.9 Å². The topological polar surface area (TPSA) is 128 Å². The zero-order valence-corrected chi connectivity index (χ0v) is 14.6. The Labute approximate surface area is 153 Å². The molecular weight excluding hydrogens is 360 g/mol. The lowest BCUT2D eigenvalue weighted by Crippen LogP contribution is -2.36. The van der Waals surface area contributed by atoms with Crippen molar-refractivity contribution in [2.45, 2.75) is 6.42 Å². The number of phenols is 3. The minimum Gasteiger partial charge on any atom is -0.504 e. The highest BCUT2D eigenvalue weighted by Gasteiger charge is 2.15. The zero-order valence-electron chi connectivity index (χ0n) is 13.8. The maximum Gasteiger partial charge on any atom is 0.246 e. The minimum atomic E-state index is -0.640. The van der Waals surface area contributed by atoms with E-state index in [1.54, 1.807) is 0 Å². The monoisotopic (exact) mass is 378 g/mol. The summed E-state index contributed by atoms with van der Waals surface area (Å²) in [7, 11) is 0. The normalized spacial score (nSPS) is 14.7. The largest absolute Gasteiger partial charge is 0.504 e. The first-order chi connectivity index (χ1) is 12.5. The van der Waals surface area contributed by atoms with Crippen molar-refractivity contribution in [3.8, 4) is 17.2 Å². The van der Waals surface area contributed by atoms with Crippen molar-refractivity contribution in [1.29, 1.82) is 0 Å². The molecule has 1 fully saturated rings. The molecular formula is C16H18N4O5S. The van der Waals surface area contributed by atoms with Gasteiger partial charge in [-0.2, -0.15) is 5.10 Å². The van der Waals surface area contributed by atoms with Crippen LogP contribution < -0.4 is 10.3 Å². The average Bonchev–Trinajstić information content (AvgIpc) is 3.11. The molecule has 3 rings (SSSR count). The van der Waals surface area contributed by atoms with Gasteiger partial charge in [0.1, 0.15) is 0 Å². The number of rotatable bonds is 5. The molecule has 0 unspecified atom stereocenters. The smallest absolute Gasteiger partial charge is 0.246 e. The Morgan fingerprint density at radius 1 is 1.31 bits per heavy atom. The summed E-state index contributed by atoms with van der Waals surface area (Å²) in [4.78, 5) is 18.5. The Morgan fingerprint density at radius 3 is 2.85 bits per heavy atom. The van der Waals surface area contributed by atoms with Gasteiger partial charge in [-0.1, -0.05) is 0 Å². The summed E-state index contributed by atoms with van der Waals surface area (Å²) in [6.07, 6.45) is 1.25. The molecule has 0 saturated carbocycles. The third-order valence-corrected chi connectivity index (χ3v) is 4.67. The number of nitrogens with zero attached hydrogens (tertiary/aromatic N) is 3. The molecule has 4 N–H and O–H groups in total. The van der Waals surface area contributed by atoms with Crippen LogP contribution in [0, 0.1) is 0 Å². The molecule has 0 radical (unpaired) electrons. The summed E-state index contributed by atoms with van der Waals surface area (Å²) < 4.78 is 5.30. The molecule has 1 aliphatic heterocycles. The van der Waals surface area contributed by atoms with Gasteiger partial charge < -0.3 is 25.0 Å². The second-order valence-corrected chi connectivity index (χ2v) is 6.40. The van der Waals surface area contributed by atoms with Gasteiger partial charge in [0.05, 0.1) is 31.5 Å². The maximum absolute atomic E-state index is 11.9. The van der Waals surface area contributed by atoms with E-state index in [0.717, 1.165) is 18.2 Å². The number of aromatic hydroxyl groups is 3. The van der Waals surface area contributed by atoms with Crippen molar-refractivity contribution in [3.05, 3.63) is 28.8 Å². The second-order valence-electron chi connectivity index (χ2n) is 5.56. The van der Waals surface area contributed by atoms with Crippen LogP contribution in [0.3, 0.4) is 0 Å². The Kier molecular flexibility index (Phi) is 5.54. The number of amides is 1. The van der Waals surface area contributed by atoms with E-state index in [-0.39, 0.29) is 17.9 Å². The van der Waals surface area contributed by atoms with Crippen LogP contribution in [0.4, 0.5) is 5.13 Å². The van der Waals surface area contributed by atoms with Crippen LogP contribution in [-0.4, -0.2) is 58.7 Å². The Bertz CT molecular complexity index is 817. The SMILES string of the molecule is O=C(Cc1csc(N2CCOCC2)n1)N/N=C/c1ccc(O)c(O)c1O. The van der Waals surface area contributed by atoms with E-state index in [4.69, 9.17) is 4.74 Å². The summed E-state index contributed by atoms with van der Waals surface area (Å²) in [5.41, 5.74) is 3.14. The van der Waals surface area contributed by atoms with E-state index < -0.39 is 17.2 Å². The number of benzene rings is 1. The summed E-state index contributed by atoms with van der Waals surface area (Å²) in [6.45, 7) is 2.91. The lowest BCUT2D eigenvalue weighted by atomic mass is 10.2. The average molecular weight is 378 g/mol. The molecule has 1 aromatic carbocycles. The van der Waals surface area contributed by atoms with Gasteiger partial charge in [0.25, 0.3) is 0 Å². The molecule has 2 aromatic rings. The third-order valence-electron chi connectivity index (χ3n) is 3.72. The van der Waals surface area contributed by atoms with Gasteiger partial charge in [0, 0.05) is 24.0 Å². The molecule has 26 heavy (non-hydrogen) atoms. The summed E-state index contributed by atoms with van der Waals surface area (Å²) in [6, 6.07) is 2.57. The van der Waals surface area contributed by atoms with E-state index in [1.807, 2.05) is 5.38 Å².